The van der Waals surface area contributed by atoms with Gasteiger partial charge in [0.2, 0.25) is 0 Å². The molecule has 5 unspecified atom stereocenters. The second kappa shape index (κ2) is 4.21. The summed E-state index contributed by atoms with van der Waals surface area (Å²) in [5, 5.41) is 21.1. The van der Waals surface area contributed by atoms with Crippen LogP contribution in [0.5, 0.6) is 0 Å². The minimum Gasteiger partial charge on any atom is -0.388 e. The monoisotopic (exact) mass is 248 g/mol. The molecule has 0 spiro atoms. The highest BCUT2D eigenvalue weighted by molar-refractivity contribution is 5.17. The Morgan fingerprint density at radius 1 is 1.28 bits per heavy atom. The summed E-state index contributed by atoms with van der Waals surface area (Å²) in [7, 11) is 0. The summed E-state index contributed by atoms with van der Waals surface area (Å²) in [6, 6.07) is 2.57. The SMILES string of the molecule is CC1CCCC(C#N)(C2(O)CCN3CCC2C3)C1. The summed E-state index contributed by atoms with van der Waals surface area (Å²) in [5.41, 5.74) is -1.19. The van der Waals surface area contributed by atoms with E-state index in [1.165, 1.54) is 6.42 Å². The fraction of sp³-hybridized carbons (Fsp3) is 0.933. The lowest BCUT2D eigenvalue weighted by Crippen LogP contribution is -2.58. The molecule has 3 fully saturated rings. The van der Waals surface area contributed by atoms with Crippen LogP contribution in [0.2, 0.25) is 0 Å². The van der Waals surface area contributed by atoms with Gasteiger partial charge < -0.3 is 10.0 Å². The summed E-state index contributed by atoms with van der Waals surface area (Å²) < 4.78 is 0. The van der Waals surface area contributed by atoms with Gasteiger partial charge in [-0.15, -0.1) is 0 Å². The highest BCUT2D eigenvalue weighted by Gasteiger charge is 2.59. The molecule has 1 N–H and O–H groups in total. The number of hydrogen-bond acceptors (Lipinski definition) is 3. The lowest BCUT2D eigenvalue weighted by Gasteiger charge is -2.51. The summed E-state index contributed by atoms with van der Waals surface area (Å²) in [5.74, 6) is 0.915. The van der Waals surface area contributed by atoms with Crippen LogP contribution >= 0.6 is 0 Å². The zero-order valence-corrected chi connectivity index (χ0v) is 11.4. The predicted octanol–water partition coefficient (Wildman–Crippen LogP) is 2.16. The van der Waals surface area contributed by atoms with Gasteiger partial charge in [-0.2, -0.15) is 5.26 Å². The molecule has 100 valence electrons. The van der Waals surface area contributed by atoms with E-state index >= 15 is 0 Å². The van der Waals surface area contributed by atoms with Crippen molar-refractivity contribution in [3.05, 3.63) is 0 Å². The van der Waals surface area contributed by atoms with Crippen LogP contribution in [0.25, 0.3) is 0 Å². The van der Waals surface area contributed by atoms with Gasteiger partial charge in [0.05, 0.1) is 17.1 Å². The molecule has 3 rings (SSSR count). The maximum Gasteiger partial charge on any atom is 0.0886 e. The fourth-order valence-corrected chi connectivity index (χ4v) is 4.73. The van der Waals surface area contributed by atoms with E-state index in [1.54, 1.807) is 0 Å². The Kier molecular flexibility index (Phi) is 2.91. The van der Waals surface area contributed by atoms with Crippen molar-refractivity contribution in [3.63, 3.8) is 0 Å². The second-order valence-electron chi connectivity index (χ2n) is 6.86. The second-order valence-corrected chi connectivity index (χ2v) is 6.86. The normalized spacial score (nSPS) is 51.9. The number of rotatable bonds is 1. The van der Waals surface area contributed by atoms with Gasteiger partial charge in [-0.3, -0.25) is 0 Å². The minimum absolute atomic E-state index is 0.330. The van der Waals surface area contributed by atoms with E-state index in [2.05, 4.69) is 17.9 Å². The Bertz CT molecular complexity index is 377. The Labute approximate surface area is 110 Å². The molecule has 2 saturated heterocycles. The lowest BCUT2D eigenvalue weighted by molar-refractivity contribution is -0.137. The molecule has 0 aromatic rings. The smallest absolute Gasteiger partial charge is 0.0886 e. The highest BCUT2D eigenvalue weighted by atomic mass is 16.3. The van der Waals surface area contributed by atoms with Crippen molar-refractivity contribution >= 4 is 0 Å². The zero-order chi connectivity index (χ0) is 12.8. The molecule has 1 saturated carbocycles. The molecule has 3 heteroatoms. The van der Waals surface area contributed by atoms with Crippen LogP contribution in [-0.4, -0.2) is 35.2 Å². The van der Waals surface area contributed by atoms with E-state index in [0.717, 1.165) is 51.7 Å². The van der Waals surface area contributed by atoms with E-state index in [1.807, 2.05) is 0 Å². The van der Waals surface area contributed by atoms with Crippen LogP contribution in [0.3, 0.4) is 0 Å². The first-order valence-corrected chi connectivity index (χ1v) is 7.46. The number of nitrogens with zero attached hydrogens (tertiary/aromatic N) is 2. The van der Waals surface area contributed by atoms with E-state index in [0.29, 0.717) is 11.8 Å². The minimum atomic E-state index is -0.719. The van der Waals surface area contributed by atoms with Gasteiger partial charge in [-0.05, 0) is 38.1 Å². The first kappa shape index (κ1) is 12.4. The van der Waals surface area contributed by atoms with Crippen molar-refractivity contribution in [2.24, 2.45) is 17.3 Å². The summed E-state index contributed by atoms with van der Waals surface area (Å²) in [6.07, 6.45) is 6.01. The Balaban J connectivity index is 1.92. The van der Waals surface area contributed by atoms with Crippen molar-refractivity contribution in [1.29, 1.82) is 5.26 Å². The molecule has 0 amide bonds. The summed E-state index contributed by atoms with van der Waals surface area (Å²) >= 11 is 0. The number of hydrogen-bond donors (Lipinski definition) is 1. The molecule has 18 heavy (non-hydrogen) atoms. The predicted molar refractivity (Wildman–Crippen MR) is 69.8 cm³/mol. The lowest BCUT2D eigenvalue weighted by atomic mass is 9.56. The van der Waals surface area contributed by atoms with E-state index in [-0.39, 0.29) is 0 Å². The fourth-order valence-electron chi connectivity index (χ4n) is 4.73. The molecule has 5 atom stereocenters. The molecule has 2 aliphatic heterocycles. The van der Waals surface area contributed by atoms with Crippen LogP contribution in [0.1, 0.15) is 45.4 Å². The number of fused-ring (bicyclic) bond motifs is 2. The summed E-state index contributed by atoms with van der Waals surface area (Å²) in [4.78, 5) is 2.44. The van der Waals surface area contributed by atoms with Gasteiger partial charge in [0.15, 0.2) is 0 Å². The maximum atomic E-state index is 11.3. The Morgan fingerprint density at radius 3 is 2.83 bits per heavy atom. The zero-order valence-electron chi connectivity index (χ0n) is 11.4. The number of piperidine rings is 1. The van der Waals surface area contributed by atoms with Gasteiger partial charge in [0.1, 0.15) is 0 Å². The summed E-state index contributed by atoms with van der Waals surface area (Å²) in [6.45, 7) is 5.33. The van der Waals surface area contributed by atoms with E-state index in [9.17, 15) is 10.4 Å². The van der Waals surface area contributed by atoms with Crippen molar-refractivity contribution in [2.45, 2.75) is 51.0 Å². The first-order chi connectivity index (χ1) is 8.60. The van der Waals surface area contributed by atoms with E-state index in [4.69, 9.17) is 0 Å². The number of aliphatic hydroxyl groups is 1. The molecule has 3 nitrogen and oxygen atoms in total. The van der Waals surface area contributed by atoms with Crippen molar-refractivity contribution in [2.75, 3.05) is 19.6 Å². The third kappa shape index (κ3) is 1.62. The standard InChI is InChI=1S/C15H24N2O/c1-12-3-2-5-14(9-12,11-16)15(18)6-8-17-7-4-13(15)10-17/h12-13,18H,2-10H2,1H3. The average Bonchev–Trinajstić information content (AvgIpc) is 2.79. The van der Waals surface area contributed by atoms with Crippen LogP contribution in [-0.2, 0) is 0 Å². The van der Waals surface area contributed by atoms with Gasteiger partial charge in [-0.25, -0.2) is 0 Å². The molecule has 2 bridgehead atoms. The van der Waals surface area contributed by atoms with Crippen LogP contribution in [0.4, 0.5) is 0 Å². The topological polar surface area (TPSA) is 47.3 Å². The molecule has 1 aliphatic carbocycles. The highest BCUT2D eigenvalue weighted by Crippen LogP contribution is 2.54. The van der Waals surface area contributed by atoms with Crippen LogP contribution < -0.4 is 0 Å². The van der Waals surface area contributed by atoms with E-state index < -0.39 is 11.0 Å². The third-order valence-corrected chi connectivity index (χ3v) is 5.80. The molecule has 3 aliphatic rings. The molecule has 0 radical (unpaired) electrons. The van der Waals surface area contributed by atoms with Gasteiger partial charge in [-0.1, -0.05) is 19.8 Å². The van der Waals surface area contributed by atoms with Gasteiger partial charge >= 0.3 is 0 Å². The molecular formula is C15H24N2O. The van der Waals surface area contributed by atoms with Crippen molar-refractivity contribution < 1.29 is 5.11 Å². The number of nitriles is 1. The third-order valence-electron chi connectivity index (χ3n) is 5.80. The Morgan fingerprint density at radius 2 is 2.11 bits per heavy atom. The van der Waals surface area contributed by atoms with Crippen molar-refractivity contribution in [3.8, 4) is 6.07 Å². The largest absolute Gasteiger partial charge is 0.388 e. The quantitative estimate of drug-likeness (QED) is 0.773. The average molecular weight is 248 g/mol. The molecule has 2 heterocycles. The van der Waals surface area contributed by atoms with Gasteiger partial charge in [0.25, 0.3) is 0 Å². The van der Waals surface area contributed by atoms with Gasteiger partial charge in [0, 0.05) is 19.0 Å². The maximum absolute atomic E-state index is 11.3. The van der Waals surface area contributed by atoms with Crippen LogP contribution in [0, 0.1) is 28.6 Å². The first-order valence-electron chi connectivity index (χ1n) is 7.46. The van der Waals surface area contributed by atoms with Crippen LogP contribution in [0.15, 0.2) is 0 Å². The molecule has 0 aromatic carbocycles. The van der Waals surface area contributed by atoms with Crippen molar-refractivity contribution in [1.82, 2.24) is 4.90 Å². The molecule has 0 aromatic heterocycles. The molecular weight excluding hydrogens is 224 g/mol. The Hall–Kier alpha value is -0.590.